The van der Waals surface area contributed by atoms with E-state index < -0.39 is 0 Å². The highest BCUT2D eigenvalue weighted by Gasteiger charge is 2.14. The van der Waals surface area contributed by atoms with Gasteiger partial charge in [0, 0.05) is 18.6 Å². The van der Waals surface area contributed by atoms with Crippen molar-refractivity contribution in [2.75, 3.05) is 20.6 Å². The highest BCUT2D eigenvalue weighted by atomic mass is 15.1. The van der Waals surface area contributed by atoms with Crippen molar-refractivity contribution in [1.82, 2.24) is 10.2 Å². The number of rotatable bonds is 9. The highest BCUT2D eigenvalue weighted by Crippen LogP contribution is 2.11. The Balaban J connectivity index is 2.43. The minimum atomic E-state index is 0.564. The van der Waals surface area contributed by atoms with Crippen LogP contribution in [0.15, 0.2) is 24.3 Å². The summed E-state index contributed by atoms with van der Waals surface area (Å²) in [4.78, 5) is 2.29. The molecule has 0 saturated heterocycles. The number of nitrogens with one attached hydrogen (secondary N) is 1. The van der Waals surface area contributed by atoms with E-state index in [2.05, 4.69) is 76.3 Å². The van der Waals surface area contributed by atoms with Crippen LogP contribution in [0.25, 0.3) is 0 Å². The van der Waals surface area contributed by atoms with Crippen molar-refractivity contribution in [2.45, 2.75) is 59.0 Å². The first-order valence-electron chi connectivity index (χ1n) is 8.33. The van der Waals surface area contributed by atoms with E-state index in [0.717, 1.165) is 18.9 Å². The lowest BCUT2D eigenvalue weighted by molar-refractivity contribution is 0.286. The fourth-order valence-corrected chi connectivity index (χ4v) is 2.94. The molecule has 2 nitrogen and oxygen atoms in total. The van der Waals surface area contributed by atoms with E-state index in [1.54, 1.807) is 0 Å². The number of benzene rings is 1. The second-order valence-electron chi connectivity index (χ2n) is 7.18. The Morgan fingerprint density at radius 3 is 2.43 bits per heavy atom. The summed E-state index contributed by atoms with van der Waals surface area (Å²) in [5.74, 6) is 0.742. The van der Waals surface area contributed by atoms with Crippen molar-refractivity contribution in [3.8, 4) is 0 Å². The Bertz CT molecular complexity index is 388. The summed E-state index contributed by atoms with van der Waals surface area (Å²) in [7, 11) is 4.32. The molecule has 0 spiro atoms. The molecule has 1 rings (SSSR count). The van der Waals surface area contributed by atoms with Crippen LogP contribution in [-0.2, 0) is 6.42 Å². The average molecular weight is 290 g/mol. The van der Waals surface area contributed by atoms with Crippen LogP contribution in [0, 0.1) is 12.8 Å². The minimum absolute atomic E-state index is 0.564. The smallest absolute Gasteiger partial charge is 0.0199 e. The van der Waals surface area contributed by atoms with Gasteiger partial charge in [-0.15, -0.1) is 0 Å². The third-order valence-corrected chi connectivity index (χ3v) is 3.81. The molecule has 0 aliphatic heterocycles. The van der Waals surface area contributed by atoms with E-state index in [-0.39, 0.29) is 0 Å². The maximum atomic E-state index is 3.82. The van der Waals surface area contributed by atoms with Gasteiger partial charge in [-0.2, -0.15) is 0 Å². The van der Waals surface area contributed by atoms with Gasteiger partial charge in [-0.05, 0) is 58.7 Å². The zero-order valence-electron chi connectivity index (χ0n) is 14.8. The topological polar surface area (TPSA) is 15.3 Å². The third-order valence-electron chi connectivity index (χ3n) is 3.81. The van der Waals surface area contributed by atoms with Gasteiger partial charge >= 0.3 is 0 Å². The predicted octanol–water partition coefficient (Wildman–Crippen LogP) is 3.88. The molecule has 120 valence electrons. The first kappa shape index (κ1) is 18.2. The maximum absolute atomic E-state index is 3.82. The second-order valence-corrected chi connectivity index (χ2v) is 7.18. The normalized spacial score (nSPS) is 14.7. The molecule has 0 heterocycles. The monoisotopic (exact) mass is 290 g/mol. The Morgan fingerprint density at radius 1 is 1.14 bits per heavy atom. The summed E-state index contributed by atoms with van der Waals surface area (Å²) in [6.45, 7) is 10.2. The van der Waals surface area contributed by atoms with E-state index in [1.165, 1.54) is 24.0 Å². The van der Waals surface area contributed by atoms with Gasteiger partial charge < -0.3 is 10.2 Å². The first-order chi connectivity index (χ1) is 9.86. The van der Waals surface area contributed by atoms with Gasteiger partial charge in [0.05, 0.1) is 0 Å². The molecule has 1 aromatic rings. The third kappa shape index (κ3) is 8.23. The van der Waals surface area contributed by atoms with Gasteiger partial charge in [-0.25, -0.2) is 0 Å². The van der Waals surface area contributed by atoms with Gasteiger partial charge in [-0.1, -0.05) is 43.7 Å². The summed E-state index contributed by atoms with van der Waals surface area (Å²) < 4.78 is 0. The van der Waals surface area contributed by atoms with Crippen LogP contribution in [-0.4, -0.2) is 37.6 Å². The van der Waals surface area contributed by atoms with Crippen molar-refractivity contribution in [3.63, 3.8) is 0 Å². The molecule has 21 heavy (non-hydrogen) atoms. The molecule has 2 heteroatoms. The molecular weight excluding hydrogens is 256 g/mol. The molecule has 0 aliphatic rings. The first-order valence-corrected chi connectivity index (χ1v) is 8.33. The van der Waals surface area contributed by atoms with E-state index in [0.29, 0.717) is 12.1 Å². The zero-order chi connectivity index (χ0) is 15.8. The lowest BCUT2D eigenvalue weighted by atomic mass is 10.0. The predicted molar refractivity (Wildman–Crippen MR) is 93.9 cm³/mol. The standard InChI is InChI=1S/C19H34N2/c1-15(2)12-19(14-21(5)6)20-17(4)10-11-18-9-7-8-16(3)13-18/h7-9,13,15,17,19-20H,10-12,14H2,1-6H3. The van der Waals surface area contributed by atoms with Crippen molar-refractivity contribution < 1.29 is 0 Å². The lowest BCUT2D eigenvalue weighted by Crippen LogP contribution is -2.43. The Hall–Kier alpha value is -0.860. The molecule has 0 amide bonds. The number of aryl methyl sites for hydroxylation is 2. The molecule has 0 fully saturated rings. The zero-order valence-corrected chi connectivity index (χ0v) is 14.8. The Morgan fingerprint density at radius 2 is 1.86 bits per heavy atom. The molecule has 0 saturated carbocycles. The summed E-state index contributed by atoms with van der Waals surface area (Å²) >= 11 is 0. The van der Waals surface area contributed by atoms with Crippen LogP contribution in [0.2, 0.25) is 0 Å². The average Bonchev–Trinajstić information content (AvgIpc) is 2.34. The van der Waals surface area contributed by atoms with Crippen molar-refractivity contribution in [1.29, 1.82) is 0 Å². The van der Waals surface area contributed by atoms with Gasteiger partial charge in [0.2, 0.25) is 0 Å². The molecule has 0 aromatic heterocycles. The van der Waals surface area contributed by atoms with Crippen molar-refractivity contribution in [2.24, 2.45) is 5.92 Å². The molecule has 1 N–H and O–H groups in total. The molecule has 1 aromatic carbocycles. The van der Waals surface area contributed by atoms with Crippen LogP contribution in [0.5, 0.6) is 0 Å². The van der Waals surface area contributed by atoms with Crippen LogP contribution >= 0.6 is 0 Å². The molecule has 0 aliphatic carbocycles. The summed E-state index contributed by atoms with van der Waals surface area (Å²) in [6, 6.07) is 10.0. The van der Waals surface area contributed by atoms with Crippen molar-refractivity contribution in [3.05, 3.63) is 35.4 Å². The van der Waals surface area contributed by atoms with Crippen LogP contribution in [0.3, 0.4) is 0 Å². The highest BCUT2D eigenvalue weighted by molar-refractivity contribution is 5.22. The molecular formula is C19H34N2. The fourth-order valence-electron chi connectivity index (χ4n) is 2.94. The number of hydrogen-bond donors (Lipinski definition) is 1. The lowest BCUT2D eigenvalue weighted by Gasteiger charge is -2.27. The summed E-state index contributed by atoms with van der Waals surface area (Å²) in [5.41, 5.74) is 2.81. The van der Waals surface area contributed by atoms with Crippen molar-refractivity contribution >= 4 is 0 Å². The Labute approximate surface area is 131 Å². The van der Waals surface area contributed by atoms with E-state index >= 15 is 0 Å². The largest absolute Gasteiger partial charge is 0.310 e. The molecule has 2 atom stereocenters. The van der Waals surface area contributed by atoms with E-state index in [9.17, 15) is 0 Å². The second kappa shape index (κ2) is 9.22. The van der Waals surface area contributed by atoms with Crippen LogP contribution in [0.4, 0.5) is 0 Å². The van der Waals surface area contributed by atoms with Gasteiger partial charge in [0.15, 0.2) is 0 Å². The van der Waals surface area contributed by atoms with Crippen LogP contribution in [0.1, 0.15) is 44.7 Å². The molecule has 0 bridgehead atoms. The van der Waals surface area contributed by atoms with Crippen LogP contribution < -0.4 is 5.32 Å². The summed E-state index contributed by atoms with van der Waals surface area (Å²) in [5, 5.41) is 3.82. The van der Waals surface area contributed by atoms with E-state index in [4.69, 9.17) is 0 Å². The number of hydrogen-bond acceptors (Lipinski definition) is 2. The van der Waals surface area contributed by atoms with E-state index in [1.807, 2.05) is 0 Å². The van der Waals surface area contributed by atoms with Gasteiger partial charge in [0.25, 0.3) is 0 Å². The number of nitrogens with zero attached hydrogens (tertiary/aromatic N) is 1. The molecule has 2 unspecified atom stereocenters. The minimum Gasteiger partial charge on any atom is -0.310 e. The number of likely N-dealkylation sites (N-methyl/N-ethyl adjacent to an activating group) is 1. The fraction of sp³-hybridized carbons (Fsp3) is 0.684. The van der Waals surface area contributed by atoms with Gasteiger partial charge in [-0.3, -0.25) is 0 Å². The SMILES string of the molecule is Cc1cccc(CCC(C)NC(CC(C)C)CN(C)C)c1. The Kier molecular flexibility index (Phi) is 7.98. The maximum Gasteiger partial charge on any atom is 0.0199 e. The quantitative estimate of drug-likeness (QED) is 0.742. The molecule has 0 radical (unpaired) electrons. The summed E-state index contributed by atoms with van der Waals surface area (Å²) in [6.07, 6.45) is 3.60. The van der Waals surface area contributed by atoms with Gasteiger partial charge in [0.1, 0.15) is 0 Å².